The molecular formula is C25H25FN2OS. The van der Waals surface area contributed by atoms with Crippen molar-refractivity contribution in [3.8, 4) is 0 Å². The lowest BCUT2D eigenvalue weighted by Gasteiger charge is -2.30. The number of carbonyl (C=O) groups is 1. The van der Waals surface area contributed by atoms with E-state index in [0.717, 1.165) is 48.5 Å². The summed E-state index contributed by atoms with van der Waals surface area (Å²) in [6.07, 6.45) is 6.39. The number of alkyl halides is 1. The summed E-state index contributed by atoms with van der Waals surface area (Å²) in [5.74, 6) is 0.252. The highest BCUT2D eigenvalue weighted by Gasteiger charge is 2.27. The van der Waals surface area contributed by atoms with E-state index in [1.54, 1.807) is 11.3 Å². The minimum Gasteiger partial charge on any atom is -0.298 e. The van der Waals surface area contributed by atoms with Gasteiger partial charge in [0.2, 0.25) is 0 Å². The molecule has 1 aliphatic carbocycles. The van der Waals surface area contributed by atoms with Gasteiger partial charge in [0.05, 0.1) is 12.1 Å². The van der Waals surface area contributed by atoms with Crippen LogP contribution in [0.25, 0.3) is 5.57 Å². The molecule has 1 saturated heterocycles. The maximum absolute atomic E-state index is 12.8. The molecule has 3 aromatic rings. The maximum atomic E-state index is 12.8. The highest BCUT2D eigenvalue weighted by atomic mass is 32.1. The van der Waals surface area contributed by atoms with Crippen LogP contribution in [0.4, 0.5) is 4.39 Å². The Kier molecular flexibility index (Phi) is 6.50. The SMILES string of the molecule is CF.O=C1Cc2ccccc2C(=C2CCN(Cc3cccnc3)CC2)c2ccsc21. The molecule has 5 rings (SSSR count). The molecule has 1 fully saturated rings. The Bertz CT molecular complexity index is 1050. The molecule has 0 N–H and O–H groups in total. The average Bonchev–Trinajstić information content (AvgIpc) is 3.24. The van der Waals surface area contributed by atoms with E-state index in [1.165, 1.54) is 22.3 Å². The number of nitrogens with zero attached hydrogens (tertiary/aromatic N) is 2. The molecule has 0 bridgehead atoms. The number of carbonyl (C=O) groups excluding carboxylic acids is 1. The largest absolute Gasteiger partial charge is 0.298 e. The van der Waals surface area contributed by atoms with E-state index in [1.807, 2.05) is 24.5 Å². The number of pyridine rings is 1. The van der Waals surface area contributed by atoms with Crippen molar-refractivity contribution in [2.24, 2.45) is 0 Å². The number of hydrogen-bond acceptors (Lipinski definition) is 4. The summed E-state index contributed by atoms with van der Waals surface area (Å²) >= 11 is 1.59. The van der Waals surface area contributed by atoms with Crippen LogP contribution in [0.15, 0.2) is 65.8 Å². The van der Waals surface area contributed by atoms with Gasteiger partial charge in [0, 0.05) is 44.0 Å². The Morgan fingerprint density at radius 3 is 2.60 bits per heavy atom. The van der Waals surface area contributed by atoms with E-state index < -0.39 is 0 Å². The molecular weight excluding hydrogens is 395 g/mol. The van der Waals surface area contributed by atoms with E-state index in [9.17, 15) is 9.18 Å². The maximum Gasteiger partial charge on any atom is 0.177 e. The predicted octanol–water partition coefficient (Wildman–Crippen LogP) is 5.57. The first kappa shape index (κ1) is 20.6. The van der Waals surface area contributed by atoms with Crippen LogP contribution < -0.4 is 0 Å². The number of aromatic nitrogens is 1. The number of halogens is 1. The summed E-state index contributed by atoms with van der Waals surface area (Å²) in [6.45, 7) is 3.04. The Balaban J connectivity index is 0.00000106. The Morgan fingerprint density at radius 1 is 1.03 bits per heavy atom. The van der Waals surface area contributed by atoms with Crippen LogP contribution in [0.5, 0.6) is 0 Å². The first-order valence-electron chi connectivity index (χ1n) is 10.2. The van der Waals surface area contributed by atoms with Crippen LogP contribution >= 0.6 is 11.3 Å². The zero-order chi connectivity index (χ0) is 20.9. The minimum absolute atomic E-state index is 0.252. The highest BCUT2D eigenvalue weighted by Crippen LogP contribution is 2.40. The second-order valence-corrected chi connectivity index (χ2v) is 8.45. The molecule has 0 amide bonds. The number of Topliss-reactive ketones (excluding diaryl/α,β-unsaturated/α-hetero) is 1. The highest BCUT2D eigenvalue weighted by molar-refractivity contribution is 7.12. The van der Waals surface area contributed by atoms with E-state index in [-0.39, 0.29) is 5.78 Å². The van der Waals surface area contributed by atoms with E-state index in [0.29, 0.717) is 13.6 Å². The van der Waals surface area contributed by atoms with Gasteiger partial charge in [-0.25, -0.2) is 0 Å². The molecule has 1 aliphatic heterocycles. The van der Waals surface area contributed by atoms with Gasteiger partial charge in [0.25, 0.3) is 0 Å². The zero-order valence-corrected chi connectivity index (χ0v) is 17.9. The zero-order valence-electron chi connectivity index (χ0n) is 17.1. The smallest absolute Gasteiger partial charge is 0.177 e. The number of ketones is 1. The van der Waals surface area contributed by atoms with Crippen molar-refractivity contribution in [3.63, 3.8) is 0 Å². The van der Waals surface area contributed by atoms with Crippen molar-refractivity contribution in [2.75, 3.05) is 20.3 Å². The molecule has 0 spiro atoms. The molecule has 0 saturated carbocycles. The number of rotatable bonds is 2. The van der Waals surface area contributed by atoms with Crippen molar-refractivity contribution < 1.29 is 9.18 Å². The number of thiophene rings is 1. The van der Waals surface area contributed by atoms with Gasteiger partial charge in [-0.15, -0.1) is 11.3 Å². The van der Waals surface area contributed by atoms with Gasteiger partial charge in [0.15, 0.2) is 5.78 Å². The molecule has 2 aromatic heterocycles. The third kappa shape index (κ3) is 4.13. The van der Waals surface area contributed by atoms with Crippen LogP contribution in [-0.2, 0) is 13.0 Å². The van der Waals surface area contributed by atoms with Crippen molar-refractivity contribution >= 4 is 22.7 Å². The number of benzene rings is 1. The van der Waals surface area contributed by atoms with Gasteiger partial charge >= 0.3 is 0 Å². The second kappa shape index (κ2) is 9.45. The summed E-state index contributed by atoms with van der Waals surface area (Å²) in [7, 11) is 0.500. The molecule has 0 unspecified atom stereocenters. The summed E-state index contributed by atoms with van der Waals surface area (Å²) < 4.78 is 9.50. The Labute approximate surface area is 180 Å². The summed E-state index contributed by atoms with van der Waals surface area (Å²) in [5, 5.41) is 2.06. The van der Waals surface area contributed by atoms with Crippen molar-refractivity contribution in [1.29, 1.82) is 0 Å². The molecule has 2 aliphatic rings. The van der Waals surface area contributed by atoms with E-state index in [2.05, 4.69) is 45.6 Å². The average molecular weight is 421 g/mol. The molecule has 5 heteroatoms. The van der Waals surface area contributed by atoms with E-state index in [4.69, 9.17) is 0 Å². The van der Waals surface area contributed by atoms with Gasteiger partial charge in [-0.2, -0.15) is 0 Å². The number of hydrogen-bond donors (Lipinski definition) is 0. The Hall–Kier alpha value is -2.63. The fourth-order valence-electron chi connectivity index (χ4n) is 4.40. The quantitative estimate of drug-likeness (QED) is 0.544. The third-order valence-corrected chi connectivity index (χ3v) is 6.72. The van der Waals surface area contributed by atoms with Crippen molar-refractivity contribution in [1.82, 2.24) is 9.88 Å². The minimum atomic E-state index is 0.252. The predicted molar refractivity (Wildman–Crippen MR) is 121 cm³/mol. The molecule has 3 heterocycles. The fourth-order valence-corrected chi connectivity index (χ4v) is 5.24. The van der Waals surface area contributed by atoms with Crippen LogP contribution in [0.3, 0.4) is 0 Å². The van der Waals surface area contributed by atoms with Gasteiger partial charge < -0.3 is 0 Å². The number of fused-ring (bicyclic) bond motifs is 2. The number of piperidine rings is 1. The van der Waals surface area contributed by atoms with Gasteiger partial charge in [0.1, 0.15) is 0 Å². The second-order valence-electron chi connectivity index (χ2n) is 7.54. The fraction of sp³-hybridized carbons (Fsp3) is 0.280. The number of likely N-dealkylation sites (tertiary alicyclic amines) is 1. The monoisotopic (exact) mass is 420 g/mol. The first-order valence-corrected chi connectivity index (χ1v) is 11.1. The van der Waals surface area contributed by atoms with Gasteiger partial charge in [-0.05, 0) is 52.6 Å². The normalized spacial score (nSPS) is 16.3. The van der Waals surface area contributed by atoms with Gasteiger partial charge in [-0.1, -0.05) is 35.9 Å². The summed E-state index contributed by atoms with van der Waals surface area (Å²) in [4.78, 5) is 20.5. The standard InChI is InChI=1S/C24H22N2OS.CH3F/c27-22-14-19-5-1-2-6-20(19)23(21-9-13-28-24(21)22)18-7-11-26(12-8-18)16-17-4-3-10-25-15-17;1-2/h1-6,9-10,13,15H,7-8,11-12,14,16H2;1H3. The van der Waals surface area contributed by atoms with Crippen LogP contribution in [0.1, 0.15) is 44.8 Å². The molecule has 1 aromatic carbocycles. The van der Waals surface area contributed by atoms with Gasteiger partial charge in [-0.3, -0.25) is 19.1 Å². The molecule has 0 atom stereocenters. The first-order chi connectivity index (χ1) is 14.8. The third-order valence-electron chi connectivity index (χ3n) is 5.77. The van der Waals surface area contributed by atoms with E-state index >= 15 is 0 Å². The lowest BCUT2D eigenvalue weighted by atomic mass is 9.87. The van der Waals surface area contributed by atoms with Crippen LogP contribution in [0, 0.1) is 0 Å². The summed E-state index contributed by atoms with van der Waals surface area (Å²) in [5.41, 5.74) is 7.64. The lowest BCUT2D eigenvalue weighted by molar-refractivity contribution is 0.0997. The molecule has 3 nitrogen and oxygen atoms in total. The molecule has 154 valence electrons. The van der Waals surface area contributed by atoms with Crippen LogP contribution in [-0.4, -0.2) is 35.9 Å². The summed E-state index contributed by atoms with van der Waals surface area (Å²) in [6, 6.07) is 14.7. The van der Waals surface area contributed by atoms with Crippen molar-refractivity contribution in [3.05, 3.63) is 92.9 Å². The van der Waals surface area contributed by atoms with Crippen LogP contribution in [0.2, 0.25) is 0 Å². The van der Waals surface area contributed by atoms with Crippen molar-refractivity contribution in [2.45, 2.75) is 25.8 Å². The topological polar surface area (TPSA) is 33.2 Å². The molecule has 30 heavy (non-hydrogen) atoms. The molecule has 0 radical (unpaired) electrons. The lowest BCUT2D eigenvalue weighted by Crippen LogP contribution is -2.30. The Morgan fingerprint density at radius 2 is 1.83 bits per heavy atom.